The van der Waals surface area contributed by atoms with E-state index in [1.165, 1.54) is 64.2 Å². The Labute approximate surface area is 112 Å². The van der Waals surface area contributed by atoms with Crippen molar-refractivity contribution in [3.63, 3.8) is 0 Å². The summed E-state index contributed by atoms with van der Waals surface area (Å²) in [5, 5.41) is 0. The lowest BCUT2D eigenvalue weighted by molar-refractivity contribution is 0.197. The van der Waals surface area contributed by atoms with Crippen molar-refractivity contribution in [2.75, 3.05) is 13.8 Å². The van der Waals surface area contributed by atoms with E-state index in [9.17, 15) is 4.79 Å². The number of methoxy groups -OCH3 is 1. The van der Waals surface area contributed by atoms with Gasteiger partial charge in [-0.1, -0.05) is 12.8 Å². The second-order valence-corrected chi connectivity index (χ2v) is 10.3. The quantitative estimate of drug-likeness (QED) is 0.670. The van der Waals surface area contributed by atoms with Gasteiger partial charge in [-0.15, -0.1) is 0 Å². The van der Waals surface area contributed by atoms with Crippen molar-refractivity contribution in [1.82, 2.24) is 0 Å². The summed E-state index contributed by atoms with van der Waals surface area (Å²) in [6.45, 7) is 2.31. The maximum Gasteiger partial charge on any atom is 0.450 e. The van der Waals surface area contributed by atoms with Crippen LogP contribution in [0.5, 0.6) is 0 Å². The zero-order chi connectivity index (χ0) is 13.0. The first-order valence-electron chi connectivity index (χ1n) is 7.64. The van der Waals surface area contributed by atoms with Crippen LogP contribution in [0.3, 0.4) is 0 Å². The van der Waals surface area contributed by atoms with Crippen LogP contribution in [0, 0.1) is 0 Å². The van der Waals surface area contributed by atoms with E-state index in [-0.39, 0.29) is 5.71 Å². The Morgan fingerprint density at radius 3 is 1.61 bits per heavy atom. The third-order valence-corrected chi connectivity index (χ3v) is 10.3. The molecule has 0 aliphatic heterocycles. The van der Waals surface area contributed by atoms with Crippen LogP contribution in [0.4, 0.5) is 4.79 Å². The molecule has 3 heteroatoms. The van der Waals surface area contributed by atoms with Gasteiger partial charge in [0.1, 0.15) is 7.26 Å². The minimum absolute atomic E-state index is 0.168. The minimum Gasteiger partial charge on any atom is -0.440 e. The molecule has 0 N–H and O–H groups in total. The molecule has 0 saturated heterocycles. The highest BCUT2D eigenvalue weighted by Crippen LogP contribution is 2.70. The van der Waals surface area contributed by atoms with E-state index in [2.05, 4.69) is 6.66 Å². The standard InChI is InChI=1S/C15H28O2P/c1-17-15(16)18(2,13-9-5-3-6-10-13)14-11-7-4-8-12-14/h13-14H,3-12H2,1-2H3/q+1. The molecule has 104 valence electrons. The number of ether oxygens (including phenoxy) is 1. The summed E-state index contributed by atoms with van der Waals surface area (Å²) in [5.41, 5.74) is 1.50. The minimum atomic E-state index is -1.57. The van der Waals surface area contributed by atoms with Crippen molar-refractivity contribution in [2.24, 2.45) is 0 Å². The molecule has 0 atom stereocenters. The van der Waals surface area contributed by atoms with E-state index in [0.717, 1.165) is 0 Å². The summed E-state index contributed by atoms with van der Waals surface area (Å²) >= 11 is 0. The molecule has 0 aromatic rings. The predicted molar refractivity (Wildman–Crippen MR) is 79.0 cm³/mol. The smallest absolute Gasteiger partial charge is 0.440 e. The molecule has 0 aromatic carbocycles. The molecule has 2 aliphatic rings. The average Bonchev–Trinajstić information content (AvgIpc) is 2.47. The molecule has 0 bridgehead atoms. The number of carbonyl (C=O) groups is 1. The predicted octanol–water partition coefficient (Wildman–Crippen LogP) is 5.07. The average molecular weight is 271 g/mol. The van der Waals surface area contributed by atoms with E-state index in [1.807, 2.05) is 0 Å². The summed E-state index contributed by atoms with van der Waals surface area (Å²) in [6, 6.07) is 0. The van der Waals surface area contributed by atoms with Crippen LogP contribution in [0.1, 0.15) is 64.2 Å². The van der Waals surface area contributed by atoms with Crippen LogP contribution < -0.4 is 0 Å². The highest BCUT2D eigenvalue weighted by molar-refractivity contribution is 7.91. The topological polar surface area (TPSA) is 26.3 Å². The number of carbonyl (C=O) groups excluding carboxylic acids is 1. The summed E-state index contributed by atoms with van der Waals surface area (Å²) < 4.78 is 5.23. The van der Waals surface area contributed by atoms with E-state index in [1.54, 1.807) is 7.11 Å². The summed E-state index contributed by atoms with van der Waals surface area (Å²) in [4.78, 5) is 12.5. The van der Waals surface area contributed by atoms with Gasteiger partial charge < -0.3 is 4.74 Å². The Morgan fingerprint density at radius 1 is 0.889 bits per heavy atom. The van der Waals surface area contributed by atoms with Crippen molar-refractivity contribution in [3.05, 3.63) is 0 Å². The normalized spacial score (nSPS) is 23.9. The van der Waals surface area contributed by atoms with Crippen LogP contribution >= 0.6 is 7.26 Å². The summed E-state index contributed by atoms with van der Waals surface area (Å²) in [7, 11) is 0.0172. The number of hydrogen-bond donors (Lipinski definition) is 0. The van der Waals surface area contributed by atoms with Crippen molar-refractivity contribution in [2.45, 2.75) is 75.5 Å². The Morgan fingerprint density at radius 2 is 1.28 bits per heavy atom. The molecule has 0 heterocycles. The second-order valence-electron chi connectivity index (χ2n) is 6.20. The van der Waals surface area contributed by atoms with E-state index in [0.29, 0.717) is 11.3 Å². The Hall–Kier alpha value is -0.100. The fourth-order valence-corrected chi connectivity index (χ4v) is 8.49. The van der Waals surface area contributed by atoms with E-state index in [4.69, 9.17) is 4.74 Å². The first kappa shape index (κ1) is 14.3. The number of rotatable bonds is 3. The zero-order valence-electron chi connectivity index (χ0n) is 12.0. The van der Waals surface area contributed by atoms with Gasteiger partial charge in [-0.05, 0) is 51.4 Å². The molecule has 2 aliphatic carbocycles. The third-order valence-electron chi connectivity index (χ3n) is 5.23. The molecule has 0 amide bonds. The molecule has 0 aromatic heterocycles. The lowest BCUT2D eigenvalue weighted by Gasteiger charge is -2.37. The Kier molecular flexibility index (Phi) is 5.06. The van der Waals surface area contributed by atoms with Gasteiger partial charge >= 0.3 is 5.71 Å². The Bertz CT molecular complexity index is 260. The fraction of sp³-hybridized carbons (Fsp3) is 0.933. The molecule has 0 radical (unpaired) electrons. The van der Waals surface area contributed by atoms with Crippen LogP contribution in [0.25, 0.3) is 0 Å². The SMILES string of the molecule is COC(=O)[P+](C)(C1CCCCC1)C1CCCCC1. The van der Waals surface area contributed by atoms with Gasteiger partial charge in [0.15, 0.2) is 0 Å². The third kappa shape index (κ3) is 2.74. The van der Waals surface area contributed by atoms with Crippen LogP contribution in [0.15, 0.2) is 0 Å². The fourth-order valence-electron chi connectivity index (χ4n) is 4.03. The van der Waals surface area contributed by atoms with Crippen LogP contribution in [-0.2, 0) is 4.74 Å². The van der Waals surface area contributed by atoms with Gasteiger partial charge in [0.05, 0.1) is 25.1 Å². The maximum atomic E-state index is 12.5. The molecule has 2 saturated carbocycles. The molecule has 0 unspecified atom stereocenters. The molecule has 2 rings (SSSR count). The molecule has 0 spiro atoms. The van der Waals surface area contributed by atoms with Gasteiger partial charge in [-0.3, -0.25) is 0 Å². The van der Waals surface area contributed by atoms with Gasteiger partial charge in [-0.25, -0.2) is 4.79 Å². The zero-order valence-corrected chi connectivity index (χ0v) is 12.9. The monoisotopic (exact) mass is 271 g/mol. The molecule has 2 fully saturated rings. The van der Waals surface area contributed by atoms with Crippen molar-refractivity contribution >= 4 is 13.0 Å². The van der Waals surface area contributed by atoms with Crippen molar-refractivity contribution < 1.29 is 9.53 Å². The van der Waals surface area contributed by atoms with Gasteiger partial charge in [0, 0.05) is 0 Å². The summed E-state index contributed by atoms with van der Waals surface area (Å²) in [6.07, 6.45) is 13.1. The highest BCUT2D eigenvalue weighted by Gasteiger charge is 2.56. The second kappa shape index (κ2) is 6.37. The van der Waals surface area contributed by atoms with Gasteiger partial charge in [-0.2, -0.15) is 0 Å². The molecule has 18 heavy (non-hydrogen) atoms. The highest BCUT2D eigenvalue weighted by atomic mass is 31.2. The molecule has 2 nitrogen and oxygen atoms in total. The molecular formula is C15H28O2P+. The van der Waals surface area contributed by atoms with Crippen LogP contribution in [-0.4, -0.2) is 30.8 Å². The lowest BCUT2D eigenvalue weighted by Crippen LogP contribution is -2.32. The first-order valence-corrected chi connectivity index (χ1v) is 10.0. The van der Waals surface area contributed by atoms with Crippen molar-refractivity contribution in [3.8, 4) is 0 Å². The van der Waals surface area contributed by atoms with E-state index < -0.39 is 7.26 Å². The Balaban J connectivity index is 2.17. The van der Waals surface area contributed by atoms with Crippen LogP contribution in [0.2, 0.25) is 0 Å². The first-order chi connectivity index (χ1) is 8.69. The van der Waals surface area contributed by atoms with Crippen molar-refractivity contribution in [1.29, 1.82) is 0 Å². The molecular weight excluding hydrogens is 243 g/mol. The van der Waals surface area contributed by atoms with E-state index >= 15 is 0 Å². The number of hydrogen-bond acceptors (Lipinski definition) is 2. The maximum absolute atomic E-state index is 12.5. The van der Waals surface area contributed by atoms with Gasteiger partial charge in [0.25, 0.3) is 0 Å². The largest absolute Gasteiger partial charge is 0.450 e. The van der Waals surface area contributed by atoms with Gasteiger partial charge in [0.2, 0.25) is 0 Å². The summed E-state index contributed by atoms with van der Waals surface area (Å²) in [5.74, 6) is 0. The lowest BCUT2D eigenvalue weighted by atomic mass is 9.99.